The minimum absolute atomic E-state index is 0. The number of piperidine rings is 1. The second-order valence-corrected chi connectivity index (χ2v) is 6.40. The summed E-state index contributed by atoms with van der Waals surface area (Å²) in [6.07, 6.45) is 1.51. The van der Waals surface area contributed by atoms with Crippen LogP contribution in [0.4, 0.5) is 0 Å². The van der Waals surface area contributed by atoms with Crippen LogP contribution in [0.15, 0.2) is 30.3 Å². The van der Waals surface area contributed by atoms with Crippen LogP contribution < -0.4 is 17.3 Å². The fourth-order valence-electron chi connectivity index (χ4n) is 3.22. The highest BCUT2D eigenvalue weighted by atomic mass is 35.5. The fourth-order valence-corrected chi connectivity index (χ4v) is 4.53. The van der Waals surface area contributed by atoms with E-state index in [4.69, 9.17) is 0 Å². The first-order chi connectivity index (χ1) is 7.90. The second kappa shape index (κ2) is 6.12. The van der Waals surface area contributed by atoms with E-state index in [0.29, 0.717) is 0 Å². The summed E-state index contributed by atoms with van der Waals surface area (Å²) in [5, 5.41) is 0. The van der Waals surface area contributed by atoms with E-state index in [2.05, 4.69) is 42.1 Å². The van der Waals surface area contributed by atoms with Crippen LogP contribution in [-0.4, -0.2) is 24.6 Å². The number of rotatable bonds is 2. The number of nitrogens with one attached hydrogen (secondary N) is 1. The maximum Gasteiger partial charge on any atom is 0.103 e. The number of halogens is 1. The highest BCUT2D eigenvalue weighted by molar-refractivity contribution is 7.99. The summed E-state index contributed by atoms with van der Waals surface area (Å²) in [7, 11) is 0. The molecule has 2 bridgehead atoms. The maximum atomic E-state index is 2.27. The van der Waals surface area contributed by atoms with Crippen LogP contribution in [0.2, 0.25) is 0 Å². The Morgan fingerprint density at radius 1 is 1.06 bits per heavy atom. The van der Waals surface area contributed by atoms with Gasteiger partial charge in [0.15, 0.2) is 0 Å². The van der Waals surface area contributed by atoms with Gasteiger partial charge in [0.05, 0.1) is 13.1 Å². The van der Waals surface area contributed by atoms with Gasteiger partial charge < -0.3 is 17.3 Å². The number of quaternary nitrogens is 1. The molecule has 2 heterocycles. The molecule has 1 aromatic rings. The summed E-state index contributed by atoms with van der Waals surface area (Å²) in [6.45, 7) is 4.04. The molecule has 0 aromatic heterocycles. The van der Waals surface area contributed by atoms with Gasteiger partial charge in [0.2, 0.25) is 0 Å². The summed E-state index contributed by atoms with van der Waals surface area (Å²) in [5.41, 5.74) is 1.50. The molecule has 0 radical (unpaired) electrons. The van der Waals surface area contributed by atoms with Gasteiger partial charge in [0, 0.05) is 28.9 Å². The highest BCUT2D eigenvalue weighted by Crippen LogP contribution is 2.28. The standard InChI is InChI=1S/C14H19NS.ClH/c1-2-4-12(5-3-1)7-15-8-13-6-14(9-15)11-16-10-13;/h1-5,13-14H,6-11H2;1H/t13-,14+;. The van der Waals surface area contributed by atoms with Crippen molar-refractivity contribution in [1.82, 2.24) is 0 Å². The molecular weight excluding hydrogens is 250 g/mol. The molecule has 3 atom stereocenters. The zero-order valence-corrected chi connectivity index (χ0v) is 11.6. The van der Waals surface area contributed by atoms with Crippen molar-refractivity contribution in [1.29, 1.82) is 0 Å². The highest BCUT2D eigenvalue weighted by Gasteiger charge is 2.33. The molecule has 0 saturated carbocycles. The Morgan fingerprint density at radius 3 is 2.35 bits per heavy atom. The Balaban J connectivity index is 0.00000108. The lowest BCUT2D eigenvalue weighted by Crippen LogP contribution is -3.13. The zero-order chi connectivity index (χ0) is 10.8. The predicted octanol–water partition coefficient (Wildman–Crippen LogP) is -1.54. The number of likely N-dealkylation sites (tertiary alicyclic amines) is 1. The molecule has 2 aliphatic rings. The molecule has 0 spiro atoms. The Labute approximate surface area is 114 Å². The van der Waals surface area contributed by atoms with Gasteiger partial charge in [-0.2, -0.15) is 11.8 Å². The average Bonchev–Trinajstić information content (AvgIpc) is 2.30. The van der Waals surface area contributed by atoms with Crippen molar-refractivity contribution >= 4 is 11.8 Å². The van der Waals surface area contributed by atoms with Gasteiger partial charge in [-0.1, -0.05) is 30.3 Å². The molecule has 0 aliphatic carbocycles. The van der Waals surface area contributed by atoms with Crippen molar-refractivity contribution in [2.75, 3.05) is 24.6 Å². The van der Waals surface area contributed by atoms with Crippen molar-refractivity contribution in [2.24, 2.45) is 11.8 Å². The fraction of sp³-hybridized carbons (Fsp3) is 0.571. The van der Waals surface area contributed by atoms with E-state index in [0.717, 1.165) is 11.8 Å². The summed E-state index contributed by atoms with van der Waals surface area (Å²) < 4.78 is 0. The molecule has 0 amide bonds. The van der Waals surface area contributed by atoms with Crippen LogP contribution in [0.3, 0.4) is 0 Å². The van der Waals surface area contributed by atoms with Gasteiger partial charge in [-0.05, 0) is 6.42 Å². The SMILES string of the molecule is [Cl-].c1ccc(C[NH+]2C[C@@H]3CSC[C@@H](C3)C2)cc1. The molecule has 1 nitrogen and oxygen atoms in total. The Hall–Kier alpha value is -0.180. The van der Waals surface area contributed by atoms with Crippen LogP contribution >= 0.6 is 11.8 Å². The topological polar surface area (TPSA) is 4.44 Å². The first-order valence-corrected chi connectivity index (χ1v) is 7.51. The van der Waals surface area contributed by atoms with Crippen molar-refractivity contribution in [3.63, 3.8) is 0 Å². The Morgan fingerprint density at radius 2 is 1.71 bits per heavy atom. The summed E-state index contributed by atoms with van der Waals surface area (Å²) in [4.78, 5) is 1.81. The van der Waals surface area contributed by atoms with Crippen LogP contribution in [0.5, 0.6) is 0 Å². The normalized spacial score (nSPS) is 31.6. The lowest BCUT2D eigenvalue weighted by Gasteiger charge is -2.38. The lowest BCUT2D eigenvalue weighted by molar-refractivity contribution is -0.925. The number of hydrogen-bond acceptors (Lipinski definition) is 1. The van der Waals surface area contributed by atoms with E-state index < -0.39 is 0 Å². The quantitative estimate of drug-likeness (QED) is 0.682. The minimum Gasteiger partial charge on any atom is -1.00 e. The molecule has 2 fully saturated rings. The van der Waals surface area contributed by atoms with Crippen molar-refractivity contribution in [2.45, 2.75) is 13.0 Å². The van der Waals surface area contributed by atoms with Crippen LogP contribution in [0.1, 0.15) is 12.0 Å². The van der Waals surface area contributed by atoms with Crippen LogP contribution in [-0.2, 0) is 6.54 Å². The molecule has 1 aromatic carbocycles. The van der Waals surface area contributed by atoms with E-state index in [1.807, 2.05) is 4.90 Å². The Bertz CT molecular complexity index is 331. The monoisotopic (exact) mass is 269 g/mol. The maximum absolute atomic E-state index is 2.27. The van der Waals surface area contributed by atoms with Gasteiger partial charge >= 0.3 is 0 Å². The predicted molar refractivity (Wildman–Crippen MR) is 69.8 cm³/mol. The molecule has 1 N–H and O–H groups in total. The number of hydrogen-bond donors (Lipinski definition) is 1. The zero-order valence-electron chi connectivity index (χ0n) is 10.1. The third-order valence-corrected chi connectivity index (χ3v) is 5.24. The molecule has 2 aliphatic heterocycles. The minimum atomic E-state index is 0. The molecular formula is C14H20ClNS. The van der Waals surface area contributed by atoms with Gasteiger partial charge in [-0.15, -0.1) is 0 Å². The van der Waals surface area contributed by atoms with Gasteiger partial charge in [0.25, 0.3) is 0 Å². The van der Waals surface area contributed by atoms with Gasteiger partial charge in [-0.3, -0.25) is 0 Å². The van der Waals surface area contributed by atoms with E-state index in [1.165, 1.54) is 43.1 Å². The molecule has 3 rings (SSSR count). The van der Waals surface area contributed by atoms with E-state index in [9.17, 15) is 0 Å². The lowest BCUT2D eigenvalue weighted by atomic mass is 9.91. The molecule has 3 heteroatoms. The van der Waals surface area contributed by atoms with Crippen LogP contribution in [0, 0.1) is 11.8 Å². The van der Waals surface area contributed by atoms with Crippen molar-refractivity contribution in [3.05, 3.63) is 35.9 Å². The molecule has 17 heavy (non-hydrogen) atoms. The van der Waals surface area contributed by atoms with Gasteiger partial charge in [0.1, 0.15) is 6.54 Å². The first-order valence-electron chi connectivity index (χ1n) is 6.35. The molecule has 94 valence electrons. The molecule has 1 unspecified atom stereocenters. The summed E-state index contributed by atoms with van der Waals surface area (Å²) >= 11 is 2.18. The van der Waals surface area contributed by atoms with E-state index in [1.54, 1.807) is 0 Å². The van der Waals surface area contributed by atoms with Crippen molar-refractivity contribution < 1.29 is 17.3 Å². The van der Waals surface area contributed by atoms with Crippen LogP contribution in [0.25, 0.3) is 0 Å². The smallest absolute Gasteiger partial charge is 0.103 e. The summed E-state index contributed by atoms with van der Waals surface area (Å²) in [6, 6.07) is 11.0. The number of thioether (sulfide) groups is 1. The summed E-state index contributed by atoms with van der Waals surface area (Å²) in [5.74, 6) is 4.82. The van der Waals surface area contributed by atoms with E-state index in [-0.39, 0.29) is 12.4 Å². The van der Waals surface area contributed by atoms with Gasteiger partial charge in [-0.25, -0.2) is 0 Å². The largest absolute Gasteiger partial charge is 1.00 e. The second-order valence-electron chi connectivity index (χ2n) is 5.33. The third-order valence-electron chi connectivity index (χ3n) is 3.83. The Kier molecular flexibility index (Phi) is 4.78. The average molecular weight is 270 g/mol. The van der Waals surface area contributed by atoms with E-state index >= 15 is 0 Å². The van der Waals surface area contributed by atoms with Crippen molar-refractivity contribution in [3.8, 4) is 0 Å². The number of fused-ring (bicyclic) bond motifs is 2. The molecule has 2 saturated heterocycles. The first kappa shape index (κ1) is 13.3. The number of benzene rings is 1. The third kappa shape index (κ3) is 3.40.